The lowest BCUT2D eigenvalue weighted by Gasteiger charge is -2.19. The van der Waals surface area contributed by atoms with Crippen LogP contribution in [0.5, 0.6) is 0 Å². The van der Waals surface area contributed by atoms with Crippen LogP contribution in [-0.4, -0.2) is 52.9 Å². The van der Waals surface area contributed by atoms with E-state index in [4.69, 9.17) is 9.47 Å². The van der Waals surface area contributed by atoms with Crippen molar-refractivity contribution in [2.75, 3.05) is 10.6 Å². The molecule has 2 N–H and O–H groups in total. The molecule has 1 fully saturated rings. The quantitative estimate of drug-likeness (QED) is 0.271. The predicted octanol–water partition coefficient (Wildman–Crippen LogP) is 6.38. The van der Waals surface area contributed by atoms with E-state index in [1.165, 1.54) is 40.1 Å². The standard InChI is InChI=1S/C16H19FN4O2.C13H15FN4O2/c1-16(2,3)23-15(22)19-13-9-21(20-14(13)10-4-5-10)12-6-11(17)7-18-8-12;1-13(2,3)20-12(19)17-10-6-16-18(8-10)11-4-9(14)5-15-7-11/h6-10H,4-5H2,1-3H3,(H,19,22);4-8H,1-3H3,(H,17,19). The van der Waals surface area contributed by atoms with E-state index in [9.17, 15) is 18.4 Å². The van der Waals surface area contributed by atoms with Gasteiger partial charge in [-0.15, -0.1) is 0 Å². The van der Waals surface area contributed by atoms with E-state index >= 15 is 0 Å². The lowest BCUT2D eigenvalue weighted by molar-refractivity contribution is 0.0624. The first-order valence-electron chi connectivity index (χ1n) is 13.5. The molecule has 4 heterocycles. The lowest BCUT2D eigenvalue weighted by atomic mass is 10.2. The minimum absolute atomic E-state index is 0.322. The Morgan fingerprint density at radius 2 is 1.33 bits per heavy atom. The molecule has 1 aliphatic carbocycles. The molecule has 0 bridgehead atoms. The number of halogens is 2. The molecule has 1 saturated carbocycles. The maximum atomic E-state index is 13.3. The number of hydrogen-bond acceptors (Lipinski definition) is 8. The van der Waals surface area contributed by atoms with Gasteiger partial charge in [0.2, 0.25) is 0 Å². The average Bonchev–Trinajstić information content (AvgIpc) is 3.47. The molecule has 2 amide bonds. The van der Waals surface area contributed by atoms with E-state index in [2.05, 4.69) is 30.8 Å². The molecular formula is C29H34F2N8O4. The van der Waals surface area contributed by atoms with Crippen molar-refractivity contribution < 1.29 is 27.8 Å². The molecule has 43 heavy (non-hydrogen) atoms. The Balaban J connectivity index is 0.000000199. The van der Waals surface area contributed by atoms with Crippen molar-refractivity contribution in [3.63, 3.8) is 0 Å². The zero-order valence-electron chi connectivity index (χ0n) is 24.8. The molecule has 0 radical (unpaired) electrons. The highest BCUT2D eigenvalue weighted by molar-refractivity contribution is 5.86. The number of carbonyl (C=O) groups is 2. The van der Waals surface area contributed by atoms with Crippen LogP contribution in [-0.2, 0) is 9.47 Å². The molecule has 0 spiro atoms. The molecule has 0 unspecified atom stereocenters. The lowest BCUT2D eigenvalue weighted by Crippen LogP contribution is -2.27. The number of ether oxygens (including phenoxy) is 2. The molecule has 5 rings (SSSR count). The van der Waals surface area contributed by atoms with Gasteiger partial charge < -0.3 is 9.47 Å². The van der Waals surface area contributed by atoms with Crippen molar-refractivity contribution in [1.29, 1.82) is 0 Å². The summed E-state index contributed by atoms with van der Waals surface area (Å²) in [4.78, 5) is 31.1. The second-order valence-electron chi connectivity index (χ2n) is 11.8. The number of nitrogens with zero attached hydrogens (tertiary/aromatic N) is 6. The molecule has 12 nitrogen and oxygen atoms in total. The van der Waals surface area contributed by atoms with Crippen molar-refractivity contribution in [2.24, 2.45) is 0 Å². The summed E-state index contributed by atoms with van der Waals surface area (Å²) in [5, 5.41) is 13.8. The first-order chi connectivity index (χ1) is 20.1. The van der Waals surface area contributed by atoms with E-state index in [1.807, 2.05) is 0 Å². The average molecular weight is 597 g/mol. The number of hydrogen-bond donors (Lipinski definition) is 2. The Morgan fingerprint density at radius 1 is 0.791 bits per heavy atom. The van der Waals surface area contributed by atoms with Gasteiger partial charge in [-0.3, -0.25) is 20.6 Å². The van der Waals surface area contributed by atoms with E-state index in [1.54, 1.807) is 53.9 Å². The third-order valence-corrected chi connectivity index (χ3v) is 5.48. The fraction of sp³-hybridized carbons (Fsp3) is 0.379. The minimum atomic E-state index is -0.577. The smallest absolute Gasteiger partial charge is 0.412 e. The van der Waals surface area contributed by atoms with Gasteiger partial charge in [0.05, 0.1) is 71.8 Å². The van der Waals surface area contributed by atoms with Crippen LogP contribution in [0.2, 0.25) is 0 Å². The van der Waals surface area contributed by atoms with Crippen LogP contribution in [0.3, 0.4) is 0 Å². The van der Waals surface area contributed by atoms with Gasteiger partial charge in [-0.25, -0.2) is 27.7 Å². The second-order valence-corrected chi connectivity index (χ2v) is 11.8. The summed E-state index contributed by atoms with van der Waals surface area (Å²) in [5.74, 6) is -0.574. The van der Waals surface area contributed by atoms with E-state index in [0.717, 1.165) is 30.9 Å². The highest BCUT2D eigenvalue weighted by Crippen LogP contribution is 2.43. The van der Waals surface area contributed by atoms with Gasteiger partial charge in [0, 0.05) is 18.1 Å². The Kier molecular flexibility index (Phi) is 9.07. The van der Waals surface area contributed by atoms with Crippen LogP contribution in [0.1, 0.15) is 66.0 Å². The molecular weight excluding hydrogens is 562 g/mol. The highest BCUT2D eigenvalue weighted by Gasteiger charge is 2.31. The van der Waals surface area contributed by atoms with Gasteiger partial charge in [0.1, 0.15) is 22.8 Å². The largest absolute Gasteiger partial charge is 0.444 e. The molecule has 0 atom stereocenters. The summed E-state index contributed by atoms with van der Waals surface area (Å²) in [7, 11) is 0. The van der Waals surface area contributed by atoms with Crippen LogP contribution in [0, 0.1) is 11.6 Å². The number of pyridine rings is 2. The maximum Gasteiger partial charge on any atom is 0.412 e. The van der Waals surface area contributed by atoms with Crippen molar-refractivity contribution in [2.45, 2.75) is 71.5 Å². The third-order valence-electron chi connectivity index (χ3n) is 5.48. The van der Waals surface area contributed by atoms with Gasteiger partial charge in [-0.1, -0.05) is 0 Å². The summed E-state index contributed by atoms with van der Waals surface area (Å²) in [5.41, 5.74) is 1.64. The number of aromatic nitrogens is 6. The predicted molar refractivity (Wildman–Crippen MR) is 154 cm³/mol. The van der Waals surface area contributed by atoms with E-state index in [-0.39, 0.29) is 0 Å². The summed E-state index contributed by atoms with van der Waals surface area (Å²) in [6.45, 7) is 10.7. The summed E-state index contributed by atoms with van der Waals surface area (Å²) >= 11 is 0. The highest BCUT2D eigenvalue weighted by atomic mass is 19.1. The molecule has 4 aromatic heterocycles. The zero-order valence-corrected chi connectivity index (χ0v) is 24.8. The molecule has 4 aromatic rings. The maximum absolute atomic E-state index is 13.3. The van der Waals surface area contributed by atoms with E-state index in [0.29, 0.717) is 28.7 Å². The number of anilines is 2. The number of rotatable bonds is 5. The van der Waals surface area contributed by atoms with Gasteiger partial charge in [-0.2, -0.15) is 10.2 Å². The van der Waals surface area contributed by atoms with Crippen molar-refractivity contribution >= 4 is 23.6 Å². The number of nitrogens with one attached hydrogen (secondary N) is 2. The minimum Gasteiger partial charge on any atom is -0.444 e. The van der Waals surface area contributed by atoms with Gasteiger partial charge in [-0.05, 0) is 54.4 Å². The van der Waals surface area contributed by atoms with Gasteiger partial charge in [0.15, 0.2) is 0 Å². The van der Waals surface area contributed by atoms with Crippen LogP contribution < -0.4 is 10.6 Å². The molecule has 1 aliphatic rings. The van der Waals surface area contributed by atoms with Crippen molar-refractivity contribution in [3.05, 3.63) is 72.8 Å². The molecule has 0 saturated heterocycles. The van der Waals surface area contributed by atoms with Gasteiger partial charge >= 0.3 is 12.2 Å². The van der Waals surface area contributed by atoms with Crippen LogP contribution >= 0.6 is 0 Å². The Labute approximate surface area is 247 Å². The first-order valence-corrected chi connectivity index (χ1v) is 13.5. The fourth-order valence-electron chi connectivity index (χ4n) is 3.69. The molecule has 0 aliphatic heterocycles. The number of carbonyl (C=O) groups excluding carboxylic acids is 2. The van der Waals surface area contributed by atoms with Crippen LogP contribution in [0.25, 0.3) is 11.4 Å². The second kappa shape index (κ2) is 12.5. The van der Waals surface area contributed by atoms with Crippen LogP contribution in [0.4, 0.5) is 29.7 Å². The molecule has 0 aromatic carbocycles. The normalized spacial score (nSPS) is 13.0. The van der Waals surface area contributed by atoms with Crippen LogP contribution in [0.15, 0.2) is 55.5 Å². The zero-order chi connectivity index (χ0) is 31.4. The first kappa shape index (κ1) is 31.1. The Bertz CT molecular complexity index is 1590. The summed E-state index contributed by atoms with van der Waals surface area (Å²) < 4.78 is 39.7. The fourth-order valence-corrected chi connectivity index (χ4v) is 3.69. The Morgan fingerprint density at radius 3 is 1.84 bits per heavy atom. The van der Waals surface area contributed by atoms with Crippen molar-refractivity contribution in [3.8, 4) is 11.4 Å². The topological polar surface area (TPSA) is 138 Å². The number of amides is 2. The molecule has 228 valence electrons. The SMILES string of the molecule is CC(C)(C)OC(=O)Nc1cn(-c2cncc(F)c2)nc1C1CC1.CC(C)(C)OC(=O)Nc1cnn(-c2cncc(F)c2)c1. The summed E-state index contributed by atoms with van der Waals surface area (Å²) in [6, 6.07) is 2.63. The Hall–Kier alpha value is -4.88. The van der Waals surface area contributed by atoms with E-state index < -0.39 is 35.0 Å². The third kappa shape index (κ3) is 9.58. The molecule has 14 heteroatoms. The monoisotopic (exact) mass is 596 g/mol. The summed E-state index contributed by atoms with van der Waals surface area (Å²) in [6.07, 6.45) is 10.8. The van der Waals surface area contributed by atoms with Crippen molar-refractivity contribution in [1.82, 2.24) is 29.5 Å². The van der Waals surface area contributed by atoms with Gasteiger partial charge in [0.25, 0.3) is 0 Å².